The SMILES string of the molecule is CNc1ccc(C(=O)N2CC3CCC(O)C3C2)cc1C. The molecule has 1 aliphatic carbocycles. The lowest BCUT2D eigenvalue weighted by Gasteiger charge is -2.19. The molecule has 1 aliphatic heterocycles. The highest BCUT2D eigenvalue weighted by molar-refractivity contribution is 5.95. The molecule has 0 radical (unpaired) electrons. The summed E-state index contributed by atoms with van der Waals surface area (Å²) >= 11 is 0. The maximum atomic E-state index is 12.6. The van der Waals surface area contributed by atoms with Crippen molar-refractivity contribution in [2.24, 2.45) is 11.8 Å². The Morgan fingerprint density at radius 1 is 1.35 bits per heavy atom. The van der Waals surface area contributed by atoms with Crippen LogP contribution >= 0.6 is 0 Å². The number of nitrogens with one attached hydrogen (secondary N) is 1. The summed E-state index contributed by atoms with van der Waals surface area (Å²) in [7, 11) is 1.88. The van der Waals surface area contributed by atoms with Gasteiger partial charge in [-0.25, -0.2) is 0 Å². The summed E-state index contributed by atoms with van der Waals surface area (Å²) in [5.41, 5.74) is 2.88. The Bertz CT molecular complexity index is 529. The first kappa shape index (κ1) is 13.4. The Morgan fingerprint density at radius 3 is 2.80 bits per heavy atom. The van der Waals surface area contributed by atoms with Gasteiger partial charge in [-0.1, -0.05) is 0 Å². The van der Waals surface area contributed by atoms with Crippen molar-refractivity contribution in [3.8, 4) is 0 Å². The predicted octanol–water partition coefficient (Wildman–Crippen LogP) is 1.88. The minimum atomic E-state index is -0.216. The Hall–Kier alpha value is -1.55. The van der Waals surface area contributed by atoms with Crippen LogP contribution < -0.4 is 5.32 Å². The van der Waals surface area contributed by atoms with Gasteiger partial charge in [0.1, 0.15) is 0 Å². The lowest BCUT2D eigenvalue weighted by Crippen LogP contribution is -2.31. The zero-order valence-corrected chi connectivity index (χ0v) is 12.1. The molecule has 3 atom stereocenters. The van der Waals surface area contributed by atoms with Gasteiger partial charge < -0.3 is 15.3 Å². The van der Waals surface area contributed by atoms with E-state index in [-0.39, 0.29) is 17.9 Å². The number of carbonyl (C=O) groups excluding carboxylic acids is 1. The van der Waals surface area contributed by atoms with E-state index in [2.05, 4.69) is 5.32 Å². The number of nitrogens with zero attached hydrogens (tertiary/aromatic N) is 1. The second-order valence-electron chi connectivity index (χ2n) is 6.06. The molecule has 2 aliphatic rings. The molecule has 4 heteroatoms. The summed E-state index contributed by atoms with van der Waals surface area (Å²) in [6, 6.07) is 5.78. The molecule has 1 aromatic rings. The molecule has 1 heterocycles. The van der Waals surface area contributed by atoms with Gasteiger partial charge in [-0.15, -0.1) is 0 Å². The van der Waals surface area contributed by atoms with Crippen molar-refractivity contribution >= 4 is 11.6 Å². The van der Waals surface area contributed by atoms with Crippen LogP contribution in [0.5, 0.6) is 0 Å². The van der Waals surface area contributed by atoms with Crippen LogP contribution in [0, 0.1) is 18.8 Å². The van der Waals surface area contributed by atoms with Crippen LogP contribution in [-0.2, 0) is 0 Å². The van der Waals surface area contributed by atoms with E-state index in [1.54, 1.807) is 0 Å². The van der Waals surface area contributed by atoms with E-state index >= 15 is 0 Å². The third-order valence-corrected chi connectivity index (χ3v) is 4.85. The molecule has 3 unspecified atom stereocenters. The Kier molecular flexibility index (Phi) is 3.42. The van der Waals surface area contributed by atoms with Gasteiger partial charge >= 0.3 is 0 Å². The van der Waals surface area contributed by atoms with Crippen LogP contribution in [0.3, 0.4) is 0 Å². The molecule has 1 amide bonds. The van der Waals surface area contributed by atoms with E-state index < -0.39 is 0 Å². The maximum Gasteiger partial charge on any atom is 0.253 e. The Labute approximate surface area is 119 Å². The summed E-state index contributed by atoms with van der Waals surface area (Å²) in [6.45, 7) is 3.51. The number of aliphatic hydroxyl groups excluding tert-OH is 1. The smallest absolute Gasteiger partial charge is 0.253 e. The highest BCUT2D eigenvalue weighted by Gasteiger charge is 2.43. The van der Waals surface area contributed by atoms with Crippen molar-refractivity contribution in [3.05, 3.63) is 29.3 Å². The van der Waals surface area contributed by atoms with Crippen molar-refractivity contribution in [2.45, 2.75) is 25.9 Å². The van der Waals surface area contributed by atoms with Crippen LogP contribution in [0.4, 0.5) is 5.69 Å². The number of benzene rings is 1. The fourth-order valence-electron chi connectivity index (χ4n) is 3.66. The van der Waals surface area contributed by atoms with E-state index in [1.807, 2.05) is 37.1 Å². The first-order valence-corrected chi connectivity index (χ1v) is 7.36. The fraction of sp³-hybridized carbons (Fsp3) is 0.562. The number of hydrogen-bond acceptors (Lipinski definition) is 3. The van der Waals surface area contributed by atoms with Crippen LogP contribution in [0.15, 0.2) is 18.2 Å². The zero-order chi connectivity index (χ0) is 14.3. The molecule has 20 heavy (non-hydrogen) atoms. The van der Waals surface area contributed by atoms with Gasteiger partial charge in [0.15, 0.2) is 0 Å². The van der Waals surface area contributed by atoms with E-state index in [0.717, 1.165) is 36.2 Å². The normalized spacial score (nSPS) is 28.6. The van der Waals surface area contributed by atoms with Gasteiger partial charge in [0.25, 0.3) is 5.91 Å². The van der Waals surface area contributed by atoms with Gasteiger partial charge in [-0.3, -0.25) is 4.79 Å². The molecule has 1 saturated carbocycles. The number of fused-ring (bicyclic) bond motifs is 1. The molecule has 1 saturated heterocycles. The summed E-state index contributed by atoms with van der Waals surface area (Å²) in [5, 5.41) is 13.0. The molecular formula is C16H22N2O2. The quantitative estimate of drug-likeness (QED) is 0.866. The van der Waals surface area contributed by atoms with Crippen LogP contribution in [0.1, 0.15) is 28.8 Å². The van der Waals surface area contributed by atoms with Gasteiger partial charge in [0.2, 0.25) is 0 Å². The first-order chi connectivity index (χ1) is 9.60. The third-order valence-electron chi connectivity index (χ3n) is 4.85. The topological polar surface area (TPSA) is 52.6 Å². The lowest BCUT2D eigenvalue weighted by atomic mass is 10.00. The molecule has 2 N–H and O–H groups in total. The van der Waals surface area contributed by atoms with Crippen LogP contribution in [-0.4, -0.2) is 42.2 Å². The van der Waals surface area contributed by atoms with Crippen molar-refractivity contribution in [2.75, 3.05) is 25.5 Å². The van der Waals surface area contributed by atoms with Crippen molar-refractivity contribution in [1.82, 2.24) is 4.90 Å². The zero-order valence-electron chi connectivity index (χ0n) is 12.1. The Balaban J connectivity index is 1.75. The van der Waals surface area contributed by atoms with E-state index in [1.165, 1.54) is 0 Å². The van der Waals surface area contributed by atoms with Gasteiger partial charge in [-0.05, 0) is 49.4 Å². The molecular weight excluding hydrogens is 252 g/mol. The third kappa shape index (κ3) is 2.18. The van der Waals surface area contributed by atoms with Gasteiger partial charge in [-0.2, -0.15) is 0 Å². The number of likely N-dealkylation sites (tertiary alicyclic amines) is 1. The van der Waals surface area contributed by atoms with Crippen LogP contribution in [0.2, 0.25) is 0 Å². The highest BCUT2D eigenvalue weighted by Crippen LogP contribution is 2.38. The maximum absolute atomic E-state index is 12.6. The number of rotatable bonds is 2. The minimum absolute atomic E-state index is 0.0948. The lowest BCUT2D eigenvalue weighted by molar-refractivity contribution is 0.0752. The Morgan fingerprint density at radius 2 is 2.15 bits per heavy atom. The van der Waals surface area contributed by atoms with Crippen LogP contribution in [0.25, 0.3) is 0 Å². The highest BCUT2D eigenvalue weighted by atomic mass is 16.3. The number of anilines is 1. The van der Waals surface area contributed by atoms with Crippen molar-refractivity contribution < 1.29 is 9.90 Å². The molecule has 108 valence electrons. The minimum Gasteiger partial charge on any atom is -0.393 e. The number of carbonyl (C=O) groups is 1. The monoisotopic (exact) mass is 274 g/mol. The molecule has 3 rings (SSSR count). The fourth-order valence-corrected chi connectivity index (χ4v) is 3.66. The largest absolute Gasteiger partial charge is 0.393 e. The standard InChI is InChI=1S/C16H22N2O2/c1-10-7-11(3-5-14(10)17-2)16(20)18-8-12-4-6-15(19)13(12)9-18/h3,5,7,12-13,15,17,19H,4,6,8-9H2,1-2H3. The van der Waals surface area contributed by atoms with Crippen molar-refractivity contribution in [1.29, 1.82) is 0 Å². The van der Waals surface area contributed by atoms with E-state index in [9.17, 15) is 9.90 Å². The molecule has 0 bridgehead atoms. The summed E-state index contributed by atoms with van der Waals surface area (Å²) in [4.78, 5) is 14.5. The summed E-state index contributed by atoms with van der Waals surface area (Å²) in [5.74, 6) is 0.876. The average molecular weight is 274 g/mol. The van der Waals surface area contributed by atoms with Gasteiger partial charge in [0.05, 0.1) is 6.10 Å². The van der Waals surface area contributed by atoms with E-state index in [0.29, 0.717) is 12.5 Å². The van der Waals surface area contributed by atoms with E-state index in [4.69, 9.17) is 0 Å². The number of hydrogen-bond donors (Lipinski definition) is 2. The summed E-state index contributed by atoms with van der Waals surface area (Å²) in [6.07, 6.45) is 1.73. The van der Waals surface area contributed by atoms with Crippen molar-refractivity contribution in [3.63, 3.8) is 0 Å². The molecule has 0 aromatic heterocycles. The predicted molar refractivity (Wildman–Crippen MR) is 78.9 cm³/mol. The molecule has 0 spiro atoms. The second-order valence-corrected chi connectivity index (χ2v) is 6.06. The molecule has 1 aromatic carbocycles. The average Bonchev–Trinajstić information content (AvgIpc) is 3.00. The number of aliphatic hydroxyl groups is 1. The van der Waals surface area contributed by atoms with Gasteiger partial charge in [0, 0.05) is 37.3 Å². The molecule has 2 fully saturated rings. The molecule has 4 nitrogen and oxygen atoms in total. The second kappa shape index (κ2) is 5.09. The first-order valence-electron chi connectivity index (χ1n) is 7.36. The number of amides is 1. The summed E-state index contributed by atoms with van der Waals surface area (Å²) < 4.78 is 0. The number of aryl methyl sites for hydroxylation is 1.